The number of rotatable bonds is 5. The van der Waals surface area contributed by atoms with Gasteiger partial charge in [0.1, 0.15) is 18.8 Å². The second-order valence-corrected chi connectivity index (χ2v) is 14.6. The van der Waals surface area contributed by atoms with Crippen molar-refractivity contribution in [3.8, 4) is 0 Å². The van der Waals surface area contributed by atoms with Gasteiger partial charge in [-0.2, -0.15) is 0 Å². The summed E-state index contributed by atoms with van der Waals surface area (Å²) in [5, 5.41) is 23.2. The Bertz CT molecular complexity index is 1160. The van der Waals surface area contributed by atoms with E-state index in [4.69, 9.17) is 28.4 Å². The van der Waals surface area contributed by atoms with Gasteiger partial charge in [-0.15, -0.1) is 0 Å². The molecular formula is C32H46O10. The lowest BCUT2D eigenvalue weighted by molar-refractivity contribution is -0.315. The van der Waals surface area contributed by atoms with E-state index in [2.05, 4.69) is 13.8 Å². The van der Waals surface area contributed by atoms with Crippen molar-refractivity contribution < 1.29 is 48.2 Å². The molecule has 0 aromatic carbocycles. The normalized spacial score (nSPS) is 54.5. The molecule has 0 radical (unpaired) electrons. The number of carbonyl (C=O) groups is 2. The number of ether oxygens (including phenoxy) is 6. The summed E-state index contributed by atoms with van der Waals surface area (Å²) in [7, 11) is 1.49. The lowest BCUT2D eigenvalue weighted by Crippen LogP contribution is -2.65. The molecule has 10 heteroatoms. The Labute approximate surface area is 247 Å². The third-order valence-electron chi connectivity index (χ3n) is 12.9. The number of carbonyl (C=O) groups excluding carboxylic acids is 2. The molecule has 2 N–H and O–H groups in total. The number of aliphatic hydroxyl groups is 2. The first kappa shape index (κ1) is 29.2. The fraction of sp³-hybridized carbons (Fsp3) is 0.875. The van der Waals surface area contributed by atoms with Crippen molar-refractivity contribution in [1.29, 1.82) is 0 Å². The number of methoxy groups -OCH3 is 1. The number of fused-ring (bicyclic) bond motifs is 8. The number of hydrogen-bond acceptors (Lipinski definition) is 10. The SMILES string of the molecule is CO[C@@H]1[C@@H](O)[C@H](C)O[C@H](OC2CC[C@@]3(C)C(CC[C@@H]4[C@@H]3C3OC3[C@]3(C)[C@@H](C5=CC(=O)OC5)CC[C@]43O)C2)[C@H]1OC(C)=O. The standard InChI is InChI=1S/C32H46O10/c1-15-24(35)26(37-5)27(40-16(2)33)29(39-15)41-19-8-10-30(3)18(13-19)6-7-21-23(30)25-28(42-25)31(4)20(9-11-32(21,31)36)17-12-22(34)38-14-17/h12,15,18-21,23-29,35-36H,6-11,13-14H2,1-5H3/t15-,18?,19?,20+,21+,23+,24-,25?,26+,27-,28?,29+,30-,31-,32-/m0/s1. The Balaban J connectivity index is 1.09. The third-order valence-corrected chi connectivity index (χ3v) is 12.9. The Morgan fingerprint density at radius 2 is 1.88 bits per heavy atom. The summed E-state index contributed by atoms with van der Waals surface area (Å²) in [4.78, 5) is 23.8. The Kier molecular flexibility index (Phi) is 6.93. The van der Waals surface area contributed by atoms with Crippen LogP contribution in [0.1, 0.15) is 72.6 Å². The molecular weight excluding hydrogens is 544 g/mol. The number of aliphatic hydroxyl groups excluding tert-OH is 1. The molecule has 4 saturated carbocycles. The van der Waals surface area contributed by atoms with Gasteiger partial charge in [0, 0.05) is 25.5 Å². The summed E-state index contributed by atoms with van der Waals surface area (Å²) >= 11 is 0. The van der Waals surface area contributed by atoms with Gasteiger partial charge in [0.2, 0.25) is 0 Å². The molecule has 42 heavy (non-hydrogen) atoms. The first-order chi connectivity index (χ1) is 19.9. The lowest BCUT2D eigenvalue weighted by Gasteiger charge is -2.62. The van der Waals surface area contributed by atoms with Crippen LogP contribution in [0.2, 0.25) is 0 Å². The van der Waals surface area contributed by atoms with Crippen LogP contribution in [0.25, 0.3) is 0 Å². The largest absolute Gasteiger partial charge is 0.458 e. The van der Waals surface area contributed by atoms with E-state index in [1.54, 1.807) is 13.0 Å². The van der Waals surface area contributed by atoms with Gasteiger partial charge in [0.15, 0.2) is 12.4 Å². The van der Waals surface area contributed by atoms with Gasteiger partial charge in [-0.05, 0) is 86.5 Å². The van der Waals surface area contributed by atoms with Crippen LogP contribution >= 0.6 is 0 Å². The minimum absolute atomic E-state index is 0.00427. The van der Waals surface area contributed by atoms with Crippen molar-refractivity contribution in [2.24, 2.45) is 34.5 Å². The molecule has 0 aromatic rings. The second kappa shape index (κ2) is 9.97. The van der Waals surface area contributed by atoms with Gasteiger partial charge in [-0.25, -0.2) is 4.79 Å². The summed E-state index contributed by atoms with van der Waals surface area (Å²) in [5.74, 6) is 0.147. The monoisotopic (exact) mass is 590 g/mol. The molecule has 10 nitrogen and oxygen atoms in total. The number of hydrogen-bond donors (Lipinski definition) is 2. The summed E-state index contributed by atoms with van der Waals surface area (Å²) in [6, 6.07) is 0. The molecule has 6 fully saturated rings. The van der Waals surface area contributed by atoms with E-state index in [1.807, 2.05) is 0 Å². The number of esters is 2. The van der Waals surface area contributed by atoms with E-state index in [1.165, 1.54) is 14.0 Å². The van der Waals surface area contributed by atoms with Crippen LogP contribution in [-0.2, 0) is 38.0 Å². The maximum atomic E-state index is 12.6. The second-order valence-electron chi connectivity index (χ2n) is 14.6. The van der Waals surface area contributed by atoms with Crippen LogP contribution in [0.5, 0.6) is 0 Å². The molecule has 4 aliphatic carbocycles. The predicted octanol–water partition coefficient (Wildman–Crippen LogP) is 2.67. The van der Waals surface area contributed by atoms with Crippen LogP contribution in [0.4, 0.5) is 0 Å². The highest BCUT2D eigenvalue weighted by Crippen LogP contribution is 2.74. The quantitative estimate of drug-likeness (QED) is 0.280. The average molecular weight is 591 g/mol. The summed E-state index contributed by atoms with van der Waals surface area (Å²) in [6.45, 7) is 8.02. The van der Waals surface area contributed by atoms with Gasteiger partial charge in [-0.3, -0.25) is 4.79 Å². The van der Waals surface area contributed by atoms with Crippen molar-refractivity contribution in [3.63, 3.8) is 0 Å². The maximum Gasteiger partial charge on any atom is 0.331 e. The van der Waals surface area contributed by atoms with Crippen molar-refractivity contribution >= 4 is 11.9 Å². The summed E-state index contributed by atoms with van der Waals surface area (Å²) in [6.07, 6.45) is 3.87. The highest BCUT2D eigenvalue weighted by Gasteiger charge is 2.79. The van der Waals surface area contributed by atoms with E-state index in [0.717, 1.165) is 50.5 Å². The zero-order valence-electron chi connectivity index (χ0n) is 25.3. The van der Waals surface area contributed by atoms with Crippen molar-refractivity contribution in [1.82, 2.24) is 0 Å². The molecule has 0 bridgehead atoms. The number of cyclic esters (lactones) is 1. The van der Waals surface area contributed by atoms with Crippen LogP contribution in [0.3, 0.4) is 0 Å². The van der Waals surface area contributed by atoms with E-state index >= 15 is 0 Å². The van der Waals surface area contributed by atoms with Crippen molar-refractivity contribution in [2.45, 2.75) is 127 Å². The fourth-order valence-electron chi connectivity index (χ4n) is 10.7. The van der Waals surface area contributed by atoms with Gasteiger partial charge >= 0.3 is 11.9 Å². The minimum Gasteiger partial charge on any atom is -0.458 e. The maximum absolute atomic E-state index is 12.6. The first-order valence-electron chi connectivity index (χ1n) is 15.9. The smallest absolute Gasteiger partial charge is 0.331 e. The van der Waals surface area contributed by atoms with Crippen LogP contribution in [-0.4, -0.2) is 90.5 Å². The zero-order valence-corrected chi connectivity index (χ0v) is 25.3. The fourth-order valence-corrected chi connectivity index (χ4v) is 10.7. The summed E-state index contributed by atoms with van der Waals surface area (Å²) < 4.78 is 35.5. The Morgan fingerprint density at radius 1 is 1.10 bits per heavy atom. The van der Waals surface area contributed by atoms with Crippen molar-refractivity contribution in [3.05, 3.63) is 11.6 Å². The van der Waals surface area contributed by atoms with Crippen LogP contribution < -0.4 is 0 Å². The molecule has 0 aromatic heterocycles. The molecule has 2 saturated heterocycles. The molecule has 15 atom stereocenters. The van der Waals surface area contributed by atoms with Crippen molar-refractivity contribution in [2.75, 3.05) is 13.7 Å². The van der Waals surface area contributed by atoms with E-state index in [9.17, 15) is 19.8 Å². The van der Waals surface area contributed by atoms with E-state index in [-0.39, 0.29) is 47.4 Å². The Morgan fingerprint density at radius 3 is 2.57 bits per heavy atom. The molecule has 3 heterocycles. The highest BCUT2D eigenvalue weighted by molar-refractivity contribution is 5.85. The number of epoxide rings is 1. The van der Waals surface area contributed by atoms with Gasteiger partial charge in [-0.1, -0.05) is 13.8 Å². The van der Waals surface area contributed by atoms with Gasteiger partial charge < -0.3 is 38.6 Å². The summed E-state index contributed by atoms with van der Waals surface area (Å²) in [5.41, 5.74) is -0.249. The minimum atomic E-state index is -0.938. The van der Waals surface area contributed by atoms with Crippen LogP contribution in [0.15, 0.2) is 11.6 Å². The molecule has 0 amide bonds. The molecule has 234 valence electrons. The Hall–Kier alpha value is -1.56. The molecule has 3 aliphatic heterocycles. The van der Waals surface area contributed by atoms with Gasteiger partial charge in [0.25, 0.3) is 0 Å². The molecule has 7 rings (SSSR count). The third kappa shape index (κ3) is 4.04. The zero-order chi connectivity index (χ0) is 29.8. The van der Waals surface area contributed by atoms with E-state index in [0.29, 0.717) is 12.5 Å². The average Bonchev–Trinajstić information content (AvgIpc) is 3.54. The lowest BCUT2D eigenvalue weighted by atomic mass is 9.43. The van der Waals surface area contributed by atoms with Crippen LogP contribution in [0, 0.1) is 34.5 Å². The first-order valence-corrected chi connectivity index (χ1v) is 15.9. The molecule has 0 spiro atoms. The van der Waals surface area contributed by atoms with E-state index < -0.39 is 47.7 Å². The molecule has 4 unspecified atom stereocenters. The molecule has 7 aliphatic rings. The van der Waals surface area contributed by atoms with Gasteiger partial charge in [0.05, 0.1) is 30.0 Å². The highest BCUT2D eigenvalue weighted by atomic mass is 16.7. The topological polar surface area (TPSA) is 133 Å². The predicted molar refractivity (Wildman–Crippen MR) is 147 cm³/mol.